The summed E-state index contributed by atoms with van der Waals surface area (Å²) < 4.78 is 33.1. The molecule has 31 heavy (non-hydrogen) atoms. The predicted molar refractivity (Wildman–Crippen MR) is 121 cm³/mol. The van der Waals surface area contributed by atoms with Crippen molar-refractivity contribution in [2.45, 2.75) is 0 Å². The molecule has 7 nitrogen and oxygen atoms in total. The van der Waals surface area contributed by atoms with E-state index < -0.39 is 0 Å². The van der Waals surface area contributed by atoms with Crippen LogP contribution in [0.5, 0.6) is 28.7 Å². The van der Waals surface area contributed by atoms with Gasteiger partial charge in [-0.25, -0.2) is 0 Å². The number of hydrogen-bond acceptors (Lipinski definition) is 7. The third-order valence-corrected chi connectivity index (χ3v) is 5.11. The minimum Gasteiger partial charge on any atom is -0.493 e. The monoisotopic (exact) mass is 429 g/mol. The third-order valence-electron chi connectivity index (χ3n) is 5.11. The van der Waals surface area contributed by atoms with E-state index in [-0.39, 0.29) is 0 Å². The molecule has 3 rings (SSSR count). The van der Waals surface area contributed by atoms with Gasteiger partial charge in [-0.15, -0.1) is 0 Å². The Morgan fingerprint density at radius 3 is 2.00 bits per heavy atom. The first-order valence-electron chi connectivity index (χ1n) is 10.3. The lowest BCUT2D eigenvalue weighted by molar-refractivity contribution is 0.0321. The minimum absolute atomic E-state index is 0.572. The Kier molecular flexibility index (Phi) is 8.44. The molecule has 0 unspecified atom stereocenters. The Labute approximate surface area is 184 Å². The zero-order chi connectivity index (χ0) is 22.1. The van der Waals surface area contributed by atoms with Gasteiger partial charge in [0.25, 0.3) is 0 Å². The fraction of sp³-hybridized carbons (Fsp3) is 0.417. The molecule has 0 amide bonds. The van der Waals surface area contributed by atoms with Gasteiger partial charge >= 0.3 is 0 Å². The molecule has 2 aromatic rings. The van der Waals surface area contributed by atoms with Crippen LogP contribution in [0.3, 0.4) is 0 Å². The highest BCUT2D eigenvalue weighted by Crippen LogP contribution is 2.38. The van der Waals surface area contributed by atoms with E-state index in [1.807, 2.05) is 42.5 Å². The molecule has 0 spiro atoms. The molecule has 1 aliphatic rings. The largest absolute Gasteiger partial charge is 0.493 e. The van der Waals surface area contributed by atoms with Crippen LogP contribution in [0.25, 0.3) is 12.2 Å². The SMILES string of the molecule is COc1ccc(/C=C\c2cc(OC)c(OC)c(OC)c2)cc1OCCN1CCOCC1. The molecule has 1 heterocycles. The second-order valence-electron chi connectivity index (χ2n) is 7.00. The summed E-state index contributed by atoms with van der Waals surface area (Å²) >= 11 is 0. The van der Waals surface area contributed by atoms with Crippen LogP contribution < -0.4 is 23.7 Å². The van der Waals surface area contributed by atoms with Crippen molar-refractivity contribution >= 4 is 12.2 Å². The van der Waals surface area contributed by atoms with E-state index in [1.54, 1.807) is 28.4 Å². The lowest BCUT2D eigenvalue weighted by Gasteiger charge is -2.26. The van der Waals surface area contributed by atoms with E-state index in [2.05, 4.69) is 4.90 Å². The predicted octanol–water partition coefficient (Wildman–Crippen LogP) is 3.60. The minimum atomic E-state index is 0.572. The summed E-state index contributed by atoms with van der Waals surface area (Å²) in [5.41, 5.74) is 1.93. The second-order valence-corrected chi connectivity index (χ2v) is 7.00. The topological polar surface area (TPSA) is 58.6 Å². The van der Waals surface area contributed by atoms with Gasteiger partial charge in [-0.2, -0.15) is 0 Å². The number of benzene rings is 2. The summed E-state index contributed by atoms with van der Waals surface area (Å²) in [4.78, 5) is 2.34. The van der Waals surface area contributed by atoms with Gasteiger partial charge in [-0.1, -0.05) is 18.2 Å². The van der Waals surface area contributed by atoms with E-state index in [1.165, 1.54) is 0 Å². The summed E-state index contributed by atoms with van der Waals surface area (Å²) in [6.45, 7) is 4.90. The molecule has 1 fully saturated rings. The van der Waals surface area contributed by atoms with Crippen molar-refractivity contribution in [2.75, 3.05) is 67.9 Å². The first kappa shape index (κ1) is 22.8. The van der Waals surface area contributed by atoms with Crippen molar-refractivity contribution in [3.05, 3.63) is 41.5 Å². The molecule has 0 atom stereocenters. The molecule has 0 saturated carbocycles. The lowest BCUT2D eigenvalue weighted by atomic mass is 10.1. The maximum absolute atomic E-state index is 6.03. The Bertz CT molecular complexity index is 851. The smallest absolute Gasteiger partial charge is 0.203 e. The standard InChI is InChI=1S/C24H31NO6/c1-26-20-8-7-18(15-21(20)31-14-11-25-9-12-30-13-10-25)5-6-19-16-22(27-2)24(29-4)23(17-19)28-3/h5-8,15-17H,9-14H2,1-4H3/b6-5-. The van der Waals surface area contributed by atoms with Gasteiger partial charge in [0, 0.05) is 19.6 Å². The zero-order valence-electron chi connectivity index (χ0n) is 18.7. The highest BCUT2D eigenvalue weighted by molar-refractivity contribution is 5.73. The Balaban J connectivity index is 1.72. The normalized spacial score (nSPS) is 14.5. The van der Waals surface area contributed by atoms with Crippen LogP contribution in [0.2, 0.25) is 0 Å². The number of morpholine rings is 1. The second kappa shape index (κ2) is 11.5. The fourth-order valence-corrected chi connectivity index (χ4v) is 3.41. The van der Waals surface area contributed by atoms with Crippen molar-refractivity contribution in [1.29, 1.82) is 0 Å². The summed E-state index contributed by atoms with van der Waals surface area (Å²) in [5.74, 6) is 3.24. The summed E-state index contributed by atoms with van der Waals surface area (Å²) in [6.07, 6.45) is 4.00. The molecule has 2 aromatic carbocycles. The maximum atomic E-state index is 6.03. The van der Waals surface area contributed by atoms with Crippen molar-refractivity contribution in [3.8, 4) is 28.7 Å². The molecule has 1 saturated heterocycles. The number of nitrogens with zero attached hydrogens (tertiary/aromatic N) is 1. The van der Waals surface area contributed by atoms with Crippen LogP contribution in [0, 0.1) is 0 Å². The Morgan fingerprint density at radius 2 is 1.39 bits per heavy atom. The van der Waals surface area contributed by atoms with E-state index >= 15 is 0 Å². The average molecular weight is 430 g/mol. The van der Waals surface area contributed by atoms with E-state index in [9.17, 15) is 0 Å². The van der Waals surface area contributed by atoms with Gasteiger partial charge in [-0.3, -0.25) is 4.90 Å². The summed E-state index contributed by atoms with van der Waals surface area (Å²) in [5, 5.41) is 0. The lowest BCUT2D eigenvalue weighted by Crippen LogP contribution is -2.38. The van der Waals surface area contributed by atoms with Gasteiger partial charge in [-0.05, 0) is 35.4 Å². The molecular formula is C24H31NO6. The molecule has 0 aliphatic carbocycles. The zero-order valence-corrected chi connectivity index (χ0v) is 18.7. The molecule has 1 aliphatic heterocycles. The van der Waals surface area contributed by atoms with Crippen molar-refractivity contribution < 1.29 is 28.4 Å². The highest BCUT2D eigenvalue weighted by atomic mass is 16.5. The summed E-state index contributed by atoms with van der Waals surface area (Å²) in [7, 11) is 6.45. The number of methoxy groups -OCH3 is 4. The van der Waals surface area contributed by atoms with Crippen LogP contribution in [-0.4, -0.2) is 72.8 Å². The van der Waals surface area contributed by atoms with Crippen LogP contribution in [0.15, 0.2) is 30.3 Å². The van der Waals surface area contributed by atoms with Crippen LogP contribution in [0.4, 0.5) is 0 Å². The first-order chi connectivity index (χ1) is 15.2. The molecule has 168 valence electrons. The molecule has 0 N–H and O–H groups in total. The van der Waals surface area contributed by atoms with E-state index in [0.29, 0.717) is 29.6 Å². The fourth-order valence-electron chi connectivity index (χ4n) is 3.41. The van der Waals surface area contributed by atoms with Crippen molar-refractivity contribution in [1.82, 2.24) is 4.90 Å². The summed E-state index contributed by atoms with van der Waals surface area (Å²) in [6, 6.07) is 9.69. The first-order valence-corrected chi connectivity index (χ1v) is 10.3. The van der Waals surface area contributed by atoms with Gasteiger partial charge in [0.15, 0.2) is 23.0 Å². The maximum Gasteiger partial charge on any atom is 0.203 e. The third kappa shape index (κ3) is 6.06. The van der Waals surface area contributed by atoms with Crippen molar-refractivity contribution in [3.63, 3.8) is 0 Å². The van der Waals surface area contributed by atoms with Gasteiger partial charge in [0.2, 0.25) is 5.75 Å². The highest BCUT2D eigenvalue weighted by Gasteiger charge is 2.13. The number of rotatable bonds is 10. The van der Waals surface area contributed by atoms with Crippen molar-refractivity contribution in [2.24, 2.45) is 0 Å². The van der Waals surface area contributed by atoms with Crippen LogP contribution in [0.1, 0.15) is 11.1 Å². The van der Waals surface area contributed by atoms with Gasteiger partial charge < -0.3 is 28.4 Å². The van der Waals surface area contributed by atoms with Crippen LogP contribution >= 0.6 is 0 Å². The molecule has 7 heteroatoms. The number of hydrogen-bond donors (Lipinski definition) is 0. The van der Waals surface area contributed by atoms with E-state index in [0.717, 1.165) is 49.7 Å². The number of ether oxygens (including phenoxy) is 6. The Hall–Kier alpha value is -2.90. The van der Waals surface area contributed by atoms with Gasteiger partial charge in [0.05, 0.1) is 41.7 Å². The van der Waals surface area contributed by atoms with Crippen LogP contribution in [-0.2, 0) is 4.74 Å². The van der Waals surface area contributed by atoms with Gasteiger partial charge in [0.1, 0.15) is 6.61 Å². The Morgan fingerprint density at radius 1 is 0.774 bits per heavy atom. The molecular weight excluding hydrogens is 398 g/mol. The van der Waals surface area contributed by atoms with E-state index in [4.69, 9.17) is 28.4 Å². The molecule has 0 bridgehead atoms. The average Bonchev–Trinajstić information content (AvgIpc) is 2.82. The molecule has 0 aromatic heterocycles. The molecule has 0 radical (unpaired) electrons. The quantitative estimate of drug-likeness (QED) is 0.535.